The van der Waals surface area contributed by atoms with Crippen LogP contribution in [0.25, 0.3) is 0 Å². The second-order valence-electron chi connectivity index (χ2n) is 6.83. The molecule has 0 spiro atoms. The third-order valence-corrected chi connectivity index (χ3v) is 3.63. The van der Waals surface area contributed by atoms with Gasteiger partial charge in [-0.25, -0.2) is 14.4 Å². The summed E-state index contributed by atoms with van der Waals surface area (Å²) in [6, 6.07) is 6.24. The fourth-order valence-electron chi connectivity index (χ4n) is 2.17. The van der Waals surface area contributed by atoms with E-state index in [-0.39, 0.29) is 41.8 Å². The van der Waals surface area contributed by atoms with Gasteiger partial charge in [0.1, 0.15) is 11.6 Å². The number of nitrogens with zero attached hydrogens (tertiary/aromatic N) is 3. The van der Waals surface area contributed by atoms with Gasteiger partial charge in [-0.15, -0.1) is 24.0 Å². The second kappa shape index (κ2) is 10.3. The summed E-state index contributed by atoms with van der Waals surface area (Å²) in [6.45, 7) is 9.25. The van der Waals surface area contributed by atoms with Crippen LogP contribution in [-0.4, -0.2) is 17.5 Å². The number of rotatable bonds is 5. The minimum Gasteiger partial charge on any atom is -0.443 e. The summed E-state index contributed by atoms with van der Waals surface area (Å²) in [7, 11) is 0. The van der Waals surface area contributed by atoms with Gasteiger partial charge in [0.15, 0.2) is 5.96 Å². The first-order chi connectivity index (χ1) is 12.3. The summed E-state index contributed by atoms with van der Waals surface area (Å²) in [6.07, 6.45) is 1.73. The van der Waals surface area contributed by atoms with E-state index in [9.17, 15) is 4.39 Å². The normalized spacial score (nSPS) is 11.5. The number of aliphatic imine (C=N–C) groups is 1. The molecule has 27 heavy (non-hydrogen) atoms. The van der Waals surface area contributed by atoms with Gasteiger partial charge in [-0.1, -0.05) is 20.8 Å². The number of aromatic nitrogens is 1. The highest BCUT2D eigenvalue weighted by atomic mass is 127. The van der Waals surface area contributed by atoms with E-state index in [2.05, 4.69) is 41.4 Å². The van der Waals surface area contributed by atoms with Crippen molar-refractivity contribution in [1.29, 1.82) is 5.26 Å². The molecular weight excluding hydrogens is 460 g/mol. The van der Waals surface area contributed by atoms with Gasteiger partial charge in [0.2, 0.25) is 5.89 Å². The molecule has 0 saturated heterocycles. The van der Waals surface area contributed by atoms with Gasteiger partial charge in [-0.05, 0) is 25.1 Å². The topological polar surface area (TPSA) is 86.2 Å². The molecule has 0 fully saturated rings. The fourth-order valence-corrected chi connectivity index (χ4v) is 2.17. The van der Waals surface area contributed by atoms with Crippen molar-refractivity contribution < 1.29 is 8.81 Å². The van der Waals surface area contributed by atoms with Gasteiger partial charge >= 0.3 is 0 Å². The lowest BCUT2D eigenvalue weighted by molar-refractivity contribution is 0.379. The van der Waals surface area contributed by atoms with E-state index in [0.717, 1.165) is 5.76 Å². The summed E-state index contributed by atoms with van der Waals surface area (Å²) in [5.74, 6) is 1.50. The molecule has 2 aromatic rings. The molecule has 0 unspecified atom stereocenters. The number of hydrogen-bond donors (Lipinski definition) is 2. The predicted molar refractivity (Wildman–Crippen MR) is 113 cm³/mol. The van der Waals surface area contributed by atoms with Crippen LogP contribution in [0.2, 0.25) is 0 Å². The van der Waals surface area contributed by atoms with E-state index >= 15 is 0 Å². The van der Waals surface area contributed by atoms with Crippen molar-refractivity contribution in [1.82, 2.24) is 15.6 Å². The number of hydrogen-bond acceptors (Lipinski definition) is 4. The molecule has 2 rings (SSSR count). The molecule has 2 N–H and O–H groups in total. The highest BCUT2D eigenvalue weighted by molar-refractivity contribution is 14.0. The minimum atomic E-state index is -0.383. The Morgan fingerprint density at radius 1 is 1.33 bits per heavy atom. The molecule has 0 radical (unpaired) electrons. The van der Waals surface area contributed by atoms with Crippen LogP contribution < -0.4 is 10.6 Å². The van der Waals surface area contributed by atoms with Crippen LogP contribution >= 0.6 is 24.0 Å². The van der Waals surface area contributed by atoms with Gasteiger partial charge in [0.25, 0.3) is 0 Å². The van der Waals surface area contributed by atoms with Crippen molar-refractivity contribution in [2.45, 2.75) is 46.2 Å². The first-order valence-corrected chi connectivity index (χ1v) is 8.49. The summed E-state index contributed by atoms with van der Waals surface area (Å²) in [5, 5.41) is 15.1. The lowest BCUT2D eigenvalue weighted by Crippen LogP contribution is -2.36. The first kappa shape index (κ1) is 22.9. The van der Waals surface area contributed by atoms with E-state index in [0.29, 0.717) is 36.1 Å². The Hall–Kier alpha value is -2.15. The maximum absolute atomic E-state index is 13.9. The fraction of sp³-hybridized carbons (Fsp3) is 0.421. The van der Waals surface area contributed by atoms with Crippen LogP contribution in [0.5, 0.6) is 0 Å². The van der Waals surface area contributed by atoms with E-state index in [4.69, 9.17) is 9.68 Å². The molecule has 146 valence electrons. The SMILES string of the molecule is CCNC(=NCc1cc(C#N)ccc1F)NCc1ncc(C(C)(C)C)o1.I. The minimum absolute atomic E-state index is 0. The highest BCUT2D eigenvalue weighted by Crippen LogP contribution is 2.22. The number of nitrogens with one attached hydrogen (secondary N) is 2. The highest BCUT2D eigenvalue weighted by Gasteiger charge is 2.19. The molecule has 0 saturated carbocycles. The summed E-state index contributed by atoms with van der Waals surface area (Å²) >= 11 is 0. The molecule has 0 aliphatic carbocycles. The molecule has 1 aromatic heterocycles. The van der Waals surface area contributed by atoms with E-state index in [1.54, 1.807) is 6.20 Å². The maximum Gasteiger partial charge on any atom is 0.213 e. The first-order valence-electron chi connectivity index (χ1n) is 8.49. The summed E-state index contributed by atoms with van der Waals surface area (Å²) in [4.78, 5) is 8.63. The average Bonchev–Trinajstić information content (AvgIpc) is 3.08. The third-order valence-electron chi connectivity index (χ3n) is 3.63. The monoisotopic (exact) mass is 485 g/mol. The van der Waals surface area contributed by atoms with E-state index in [1.165, 1.54) is 18.2 Å². The van der Waals surface area contributed by atoms with Gasteiger partial charge in [-0.3, -0.25) is 0 Å². The lowest BCUT2D eigenvalue weighted by atomic mass is 9.94. The van der Waals surface area contributed by atoms with Crippen molar-refractivity contribution in [2.75, 3.05) is 6.54 Å². The molecule has 1 aromatic carbocycles. The van der Waals surface area contributed by atoms with E-state index in [1.807, 2.05) is 13.0 Å². The zero-order valence-corrected chi connectivity index (χ0v) is 18.3. The van der Waals surface area contributed by atoms with Crippen LogP contribution in [0.15, 0.2) is 33.8 Å². The Kier molecular flexibility index (Phi) is 8.69. The van der Waals surface area contributed by atoms with Gasteiger partial charge in [-0.2, -0.15) is 5.26 Å². The quantitative estimate of drug-likeness (QED) is 0.382. The molecule has 8 heteroatoms. The average molecular weight is 485 g/mol. The van der Waals surface area contributed by atoms with Crippen LogP contribution in [0.1, 0.15) is 50.5 Å². The van der Waals surface area contributed by atoms with Gasteiger partial charge in [0.05, 0.1) is 30.9 Å². The molecule has 0 aliphatic heterocycles. The van der Waals surface area contributed by atoms with Crippen molar-refractivity contribution in [3.8, 4) is 6.07 Å². The lowest BCUT2D eigenvalue weighted by Gasteiger charge is -2.13. The van der Waals surface area contributed by atoms with E-state index < -0.39 is 0 Å². The summed E-state index contributed by atoms with van der Waals surface area (Å²) in [5.41, 5.74) is 0.670. The van der Waals surface area contributed by atoms with Crippen molar-refractivity contribution in [3.05, 3.63) is 53.0 Å². The van der Waals surface area contributed by atoms with Crippen LogP contribution in [0.4, 0.5) is 4.39 Å². The zero-order chi connectivity index (χ0) is 19.2. The van der Waals surface area contributed by atoms with Gasteiger partial charge in [0, 0.05) is 17.5 Å². The van der Waals surface area contributed by atoms with Crippen molar-refractivity contribution in [3.63, 3.8) is 0 Å². The number of nitriles is 1. The third kappa shape index (κ3) is 6.82. The Morgan fingerprint density at radius 3 is 2.67 bits per heavy atom. The van der Waals surface area contributed by atoms with Crippen LogP contribution in [0, 0.1) is 17.1 Å². The second-order valence-corrected chi connectivity index (χ2v) is 6.83. The standard InChI is InChI=1S/C19H24FN5O.HI/c1-5-22-18(24-10-14-8-13(9-21)6-7-15(14)20)25-12-17-23-11-16(26-17)19(2,3)4;/h6-8,11H,5,10,12H2,1-4H3,(H2,22,24,25);1H. The van der Waals surface area contributed by atoms with Crippen molar-refractivity contribution >= 4 is 29.9 Å². The maximum atomic E-state index is 13.9. The number of benzene rings is 1. The predicted octanol–water partition coefficient (Wildman–Crippen LogP) is 3.86. The van der Waals surface area contributed by atoms with Crippen LogP contribution in [0.3, 0.4) is 0 Å². The molecular formula is C19H25FIN5O. The Balaban J connectivity index is 0.00000364. The Labute approximate surface area is 176 Å². The van der Waals surface area contributed by atoms with Crippen LogP contribution in [-0.2, 0) is 18.5 Å². The number of halogens is 2. The largest absolute Gasteiger partial charge is 0.443 e. The Bertz CT molecular complexity index is 820. The zero-order valence-electron chi connectivity index (χ0n) is 16.0. The Morgan fingerprint density at radius 2 is 2.07 bits per heavy atom. The van der Waals surface area contributed by atoms with Gasteiger partial charge < -0.3 is 15.1 Å². The molecule has 1 heterocycles. The smallest absolute Gasteiger partial charge is 0.213 e. The number of guanidine groups is 1. The molecule has 0 amide bonds. The summed E-state index contributed by atoms with van der Waals surface area (Å²) < 4.78 is 19.6. The molecule has 0 atom stereocenters. The molecule has 6 nitrogen and oxygen atoms in total. The van der Waals surface area contributed by atoms with Crippen molar-refractivity contribution in [2.24, 2.45) is 4.99 Å². The number of oxazole rings is 1. The molecule has 0 aliphatic rings. The molecule has 0 bridgehead atoms.